The van der Waals surface area contributed by atoms with Gasteiger partial charge in [-0.05, 0) is 30.2 Å². The third-order valence-corrected chi connectivity index (χ3v) is 4.92. The minimum absolute atomic E-state index is 0.112. The van der Waals surface area contributed by atoms with Gasteiger partial charge in [-0.15, -0.1) is 0 Å². The number of nitrogens with zero attached hydrogens (tertiary/aromatic N) is 4. The monoisotopic (exact) mass is 362 g/mol. The number of carbonyl (C=O) groups is 1. The number of halogens is 1. The van der Waals surface area contributed by atoms with Gasteiger partial charge in [-0.1, -0.05) is 43.4 Å². The number of carbonyl (C=O) groups excluding carboxylic acids is 1. The number of aromatic nitrogens is 3. The van der Waals surface area contributed by atoms with Crippen molar-refractivity contribution < 1.29 is 9.18 Å². The van der Waals surface area contributed by atoms with Crippen LogP contribution in [-0.4, -0.2) is 36.4 Å². The van der Waals surface area contributed by atoms with Gasteiger partial charge in [0, 0.05) is 6.54 Å². The molecule has 1 aliphatic rings. The van der Waals surface area contributed by atoms with Crippen LogP contribution in [0.25, 0.3) is 11.8 Å². The van der Waals surface area contributed by atoms with Crippen LogP contribution in [0.3, 0.4) is 0 Å². The molecular weight excluding hydrogens is 347 g/mol. The summed E-state index contributed by atoms with van der Waals surface area (Å²) in [7, 11) is 0. The molecule has 0 atom stereocenters. The van der Waals surface area contributed by atoms with Crippen molar-refractivity contribution in [1.82, 2.24) is 19.7 Å². The molecule has 0 N–H and O–H groups in total. The molecule has 1 saturated heterocycles. The zero-order chi connectivity index (χ0) is 17.1. The van der Waals surface area contributed by atoms with Crippen molar-refractivity contribution in [1.29, 1.82) is 0 Å². The third-order valence-electron chi connectivity index (χ3n) is 3.54. The number of hydrogen-bond donors (Lipinski definition) is 0. The van der Waals surface area contributed by atoms with E-state index in [4.69, 9.17) is 12.2 Å². The predicted molar refractivity (Wildman–Crippen MR) is 96.1 cm³/mol. The summed E-state index contributed by atoms with van der Waals surface area (Å²) in [5.74, 6) is -0.546. The van der Waals surface area contributed by atoms with Crippen LogP contribution in [0.2, 0.25) is 0 Å². The lowest BCUT2D eigenvalue weighted by Gasteiger charge is -2.13. The van der Waals surface area contributed by atoms with Crippen molar-refractivity contribution in [2.75, 3.05) is 6.54 Å². The Hall–Kier alpha value is -2.06. The molecule has 1 amide bonds. The lowest BCUT2D eigenvalue weighted by molar-refractivity contribution is -0.122. The summed E-state index contributed by atoms with van der Waals surface area (Å²) in [5.41, 5.74) is 0.910. The third kappa shape index (κ3) is 3.39. The molecule has 124 valence electrons. The quantitative estimate of drug-likeness (QED) is 0.603. The first kappa shape index (κ1) is 16.8. The van der Waals surface area contributed by atoms with Crippen molar-refractivity contribution >= 4 is 40.3 Å². The van der Waals surface area contributed by atoms with Gasteiger partial charge in [0.15, 0.2) is 0 Å². The van der Waals surface area contributed by atoms with E-state index >= 15 is 0 Å². The second-order valence-corrected chi connectivity index (χ2v) is 6.91. The first-order valence-corrected chi connectivity index (χ1v) is 8.72. The van der Waals surface area contributed by atoms with Crippen molar-refractivity contribution in [2.45, 2.75) is 19.8 Å². The van der Waals surface area contributed by atoms with Crippen molar-refractivity contribution in [3.8, 4) is 5.69 Å². The van der Waals surface area contributed by atoms with Crippen LogP contribution in [0.15, 0.2) is 35.8 Å². The zero-order valence-corrected chi connectivity index (χ0v) is 14.6. The number of thiocarbonyl (C=S) groups is 1. The first-order valence-electron chi connectivity index (χ1n) is 7.50. The summed E-state index contributed by atoms with van der Waals surface area (Å²) in [4.78, 5) is 18.3. The molecule has 1 aromatic heterocycles. The maximum absolute atomic E-state index is 14.3. The standard InChI is InChI=1S/C16H15FN4OS2/c1-2-3-6-20-15(22)14(24-16(20)23)8-11-4-5-13(12(17)7-11)21-10-18-9-19-21/h4-5,7-10H,2-3,6H2,1H3. The molecule has 8 heteroatoms. The number of rotatable bonds is 5. The van der Waals surface area contributed by atoms with Gasteiger partial charge in [0.25, 0.3) is 5.91 Å². The number of unbranched alkanes of at least 4 members (excludes halogenated alkanes) is 1. The molecule has 24 heavy (non-hydrogen) atoms. The Labute approximate surface area is 148 Å². The average Bonchev–Trinajstić information content (AvgIpc) is 3.16. The van der Waals surface area contributed by atoms with Gasteiger partial charge in [0.1, 0.15) is 28.5 Å². The van der Waals surface area contributed by atoms with Gasteiger partial charge >= 0.3 is 0 Å². The maximum Gasteiger partial charge on any atom is 0.266 e. The second-order valence-electron chi connectivity index (χ2n) is 5.24. The van der Waals surface area contributed by atoms with Gasteiger partial charge < -0.3 is 0 Å². The lowest BCUT2D eigenvalue weighted by atomic mass is 10.1. The van der Waals surface area contributed by atoms with E-state index in [1.54, 1.807) is 23.1 Å². The first-order chi connectivity index (χ1) is 11.6. The molecule has 1 aliphatic heterocycles. The molecular formula is C16H15FN4OS2. The van der Waals surface area contributed by atoms with E-state index in [0.29, 0.717) is 27.0 Å². The van der Waals surface area contributed by atoms with Crippen LogP contribution < -0.4 is 0 Å². The molecule has 0 unspecified atom stereocenters. The Balaban J connectivity index is 1.83. The zero-order valence-electron chi connectivity index (χ0n) is 13.0. The summed E-state index contributed by atoms with van der Waals surface area (Å²) in [6, 6.07) is 4.71. The molecule has 1 fully saturated rings. The Bertz CT molecular complexity index is 804. The molecule has 2 aromatic rings. The Morgan fingerprint density at radius 2 is 2.25 bits per heavy atom. The summed E-state index contributed by atoms with van der Waals surface area (Å²) in [5, 5.41) is 3.91. The molecule has 0 saturated carbocycles. The van der Waals surface area contributed by atoms with E-state index in [-0.39, 0.29) is 5.91 Å². The summed E-state index contributed by atoms with van der Waals surface area (Å²) >= 11 is 6.51. The highest BCUT2D eigenvalue weighted by Gasteiger charge is 2.31. The van der Waals surface area contributed by atoms with Crippen molar-refractivity contribution in [3.63, 3.8) is 0 Å². The SMILES string of the molecule is CCCCN1C(=O)C(=Cc2ccc(-n3cncn3)c(F)c2)SC1=S. The molecule has 3 rings (SSSR count). The van der Waals surface area contributed by atoms with Crippen molar-refractivity contribution in [3.05, 3.63) is 47.1 Å². The van der Waals surface area contributed by atoms with E-state index in [0.717, 1.165) is 12.8 Å². The van der Waals surface area contributed by atoms with E-state index < -0.39 is 5.82 Å². The maximum atomic E-state index is 14.3. The highest BCUT2D eigenvalue weighted by Crippen LogP contribution is 2.33. The van der Waals surface area contributed by atoms with E-state index in [1.165, 1.54) is 35.2 Å². The van der Waals surface area contributed by atoms with E-state index in [1.807, 2.05) is 0 Å². The van der Waals surface area contributed by atoms with Crippen LogP contribution in [0.4, 0.5) is 4.39 Å². The van der Waals surface area contributed by atoms with E-state index in [9.17, 15) is 9.18 Å². The fraction of sp³-hybridized carbons (Fsp3) is 0.250. The fourth-order valence-electron chi connectivity index (χ4n) is 2.29. The number of hydrogen-bond acceptors (Lipinski definition) is 5. The Morgan fingerprint density at radius 3 is 2.92 bits per heavy atom. The largest absolute Gasteiger partial charge is 0.293 e. The van der Waals surface area contributed by atoms with Gasteiger partial charge in [-0.25, -0.2) is 14.1 Å². The van der Waals surface area contributed by atoms with Crippen molar-refractivity contribution in [2.24, 2.45) is 0 Å². The Kier molecular flexibility index (Phi) is 5.06. The highest BCUT2D eigenvalue weighted by molar-refractivity contribution is 8.26. The fourth-order valence-corrected chi connectivity index (χ4v) is 3.60. The van der Waals surface area contributed by atoms with Gasteiger partial charge in [-0.2, -0.15) is 5.10 Å². The molecule has 1 aromatic carbocycles. The van der Waals surface area contributed by atoms with Crippen LogP contribution in [0.1, 0.15) is 25.3 Å². The molecule has 0 spiro atoms. The molecule has 0 aliphatic carbocycles. The summed E-state index contributed by atoms with van der Waals surface area (Å²) in [6.45, 7) is 2.69. The number of thioether (sulfide) groups is 1. The van der Waals surface area contributed by atoms with Gasteiger partial charge in [0.2, 0.25) is 0 Å². The highest BCUT2D eigenvalue weighted by atomic mass is 32.2. The van der Waals surface area contributed by atoms with Crippen LogP contribution in [0.5, 0.6) is 0 Å². The molecule has 2 heterocycles. The normalized spacial score (nSPS) is 16.4. The van der Waals surface area contributed by atoms with Gasteiger partial charge in [0.05, 0.1) is 4.91 Å². The summed E-state index contributed by atoms with van der Waals surface area (Å²) in [6.07, 6.45) is 6.33. The molecule has 0 bridgehead atoms. The average molecular weight is 362 g/mol. The minimum Gasteiger partial charge on any atom is -0.293 e. The minimum atomic E-state index is -0.435. The smallest absolute Gasteiger partial charge is 0.266 e. The van der Waals surface area contributed by atoms with Gasteiger partial charge in [-0.3, -0.25) is 9.69 Å². The second kappa shape index (κ2) is 7.23. The molecule has 0 radical (unpaired) electrons. The van der Waals surface area contributed by atoms with Crippen LogP contribution in [0, 0.1) is 5.82 Å². The molecule has 5 nitrogen and oxygen atoms in total. The van der Waals surface area contributed by atoms with Crippen LogP contribution in [-0.2, 0) is 4.79 Å². The topological polar surface area (TPSA) is 51.0 Å². The van der Waals surface area contributed by atoms with Crippen LogP contribution >= 0.6 is 24.0 Å². The van der Waals surface area contributed by atoms with E-state index in [2.05, 4.69) is 17.0 Å². The number of benzene rings is 1. The number of amides is 1. The Morgan fingerprint density at radius 1 is 1.42 bits per heavy atom. The summed E-state index contributed by atoms with van der Waals surface area (Å²) < 4.78 is 16.2. The lowest BCUT2D eigenvalue weighted by Crippen LogP contribution is -2.28. The predicted octanol–water partition coefficient (Wildman–Crippen LogP) is 3.41.